The zero-order valence-corrected chi connectivity index (χ0v) is 11.4. The van der Waals surface area contributed by atoms with Crippen molar-refractivity contribution in [3.05, 3.63) is 23.0 Å². The second-order valence-electron chi connectivity index (χ2n) is 4.76. The van der Waals surface area contributed by atoms with Gasteiger partial charge in [-0.05, 0) is 26.3 Å². The highest BCUT2D eigenvalue weighted by molar-refractivity contribution is 6.30. The minimum Gasteiger partial charge on any atom is -0.352 e. The van der Waals surface area contributed by atoms with E-state index in [1.807, 2.05) is 19.9 Å². The van der Waals surface area contributed by atoms with Crippen LogP contribution in [0.5, 0.6) is 0 Å². The molecule has 1 fully saturated rings. The number of nitrogens with one attached hydrogen (secondary N) is 1. The van der Waals surface area contributed by atoms with Crippen molar-refractivity contribution in [3.63, 3.8) is 0 Å². The Bertz CT molecular complexity index is 493. The third-order valence-corrected chi connectivity index (χ3v) is 3.73. The van der Waals surface area contributed by atoms with E-state index in [-0.39, 0.29) is 23.6 Å². The predicted molar refractivity (Wildman–Crippen MR) is 70.1 cm³/mol. The molecule has 0 saturated carbocycles. The van der Waals surface area contributed by atoms with Gasteiger partial charge in [-0.15, -0.1) is 11.6 Å². The summed E-state index contributed by atoms with van der Waals surface area (Å²) in [7, 11) is 0. The van der Waals surface area contributed by atoms with Crippen LogP contribution < -0.4 is 5.32 Å². The molecule has 2 heterocycles. The van der Waals surface area contributed by atoms with Crippen LogP contribution in [-0.2, 0) is 11.3 Å². The molecule has 0 bridgehead atoms. The van der Waals surface area contributed by atoms with Gasteiger partial charge < -0.3 is 9.88 Å². The first-order chi connectivity index (χ1) is 8.52. The molecule has 1 aliphatic heterocycles. The summed E-state index contributed by atoms with van der Waals surface area (Å²) in [6.45, 7) is 4.61. The highest BCUT2D eigenvalue weighted by atomic mass is 35.5. The van der Waals surface area contributed by atoms with E-state index in [0.717, 1.165) is 24.4 Å². The molecule has 0 aromatic carbocycles. The number of amides is 1. The highest BCUT2D eigenvalue weighted by Gasteiger charge is 2.23. The molecule has 1 N–H and O–H groups in total. The first-order valence-electron chi connectivity index (χ1n) is 6.08. The number of nitrogens with zero attached hydrogens (tertiary/aromatic N) is 1. The van der Waals surface area contributed by atoms with Gasteiger partial charge in [0.2, 0.25) is 5.91 Å². The molecule has 0 radical (unpaired) electrons. The Balaban J connectivity index is 2.20. The molecule has 1 aromatic heterocycles. The Hall–Kier alpha value is -1.29. The van der Waals surface area contributed by atoms with Gasteiger partial charge in [-0.1, -0.05) is 0 Å². The normalized spacial score (nSPS) is 19.1. The summed E-state index contributed by atoms with van der Waals surface area (Å²) >= 11 is 5.59. The van der Waals surface area contributed by atoms with E-state index >= 15 is 0 Å². The lowest BCUT2D eigenvalue weighted by Gasteiger charge is -2.15. The monoisotopic (exact) mass is 268 g/mol. The molecule has 1 atom stereocenters. The summed E-state index contributed by atoms with van der Waals surface area (Å²) in [5, 5.41) is 2.94. The average molecular weight is 269 g/mol. The molecule has 1 aliphatic rings. The second kappa shape index (κ2) is 5.14. The smallest absolute Gasteiger partial charge is 0.220 e. The number of hydrogen-bond donors (Lipinski definition) is 1. The molecule has 0 spiro atoms. The molecule has 1 amide bonds. The molecule has 98 valence electrons. The number of hydrogen-bond acceptors (Lipinski definition) is 2. The summed E-state index contributed by atoms with van der Waals surface area (Å²) in [6, 6.07) is 2.04. The summed E-state index contributed by atoms with van der Waals surface area (Å²) in [5.74, 6) is 0.0655. The molecule has 5 heteroatoms. The molecule has 1 saturated heterocycles. The van der Waals surface area contributed by atoms with Gasteiger partial charge in [-0.2, -0.15) is 0 Å². The quantitative estimate of drug-likeness (QED) is 0.669. The van der Waals surface area contributed by atoms with E-state index in [2.05, 4.69) is 9.88 Å². The zero-order chi connectivity index (χ0) is 13.3. The second-order valence-corrected chi connectivity index (χ2v) is 5.02. The van der Waals surface area contributed by atoms with Crippen LogP contribution in [0.15, 0.2) is 6.07 Å². The van der Waals surface area contributed by atoms with Crippen LogP contribution in [0.3, 0.4) is 0 Å². The topological polar surface area (TPSA) is 51.1 Å². The maximum absolute atomic E-state index is 11.7. The number of Topliss-reactive ketones (excluding diaryl/α,β-unsaturated/α-hetero) is 1. The first kappa shape index (κ1) is 13.1. The SMILES string of the molecule is Cc1cc(C(=O)CCl)c(C)n1CC1CCC(=O)N1. The molecule has 4 nitrogen and oxygen atoms in total. The van der Waals surface area contributed by atoms with E-state index in [1.165, 1.54) is 0 Å². The molecule has 2 rings (SSSR count). The molecule has 0 aliphatic carbocycles. The average Bonchev–Trinajstić information content (AvgIpc) is 2.87. The number of rotatable bonds is 4. The van der Waals surface area contributed by atoms with Crippen LogP contribution in [0.4, 0.5) is 0 Å². The van der Waals surface area contributed by atoms with Crippen molar-refractivity contribution in [1.82, 2.24) is 9.88 Å². The van der Waals surface area contributed by atoms with Crippen molar-refractivity contribution in [1.29, 1.82) is 0 Å². The van der Waals surface area contributed by atoms with E-state index in [1.54, 1.807) is 0 Å². The van der Waals surface area contributed by atoms with Crippen molar-refractivity contribution >= 4 is 23.3 Å². The Morgan fingerprint density at radius 2 is 2.28 bits per heavy atom. The van der Waals surface area contributed by atoms with Gasteiger partial charge in [0, 0.05) is 36.0 Å². The lowest BCUT2D eigenvalue weighted by Crippen LogP contribution is -2.30. The molecule has 1 aromatic rings. The number of carbonyl (C=O) groups is 2. The van der Waals surface area contributed by atoms with Gasteiger partial charge >= 0.3 is 0 Å². The Morgan fingerprint density at radius 3 is 2.83 bits per heavy atom. The van der Waals surface area contributed by atoms with Crippen LogP contribution in [0.25, 0.3) is 0 Å². The highest BCUT2D eigenvalue weighted by Crippen LogP contribution is 2.19. The van der Waals surface area contributed by atoms with Gasteiger partial charge in [0.15, 0.2) is 5.78 Å². The maximum Gasteiger partial charge on any atom is 0.220 e. The fourth-order valence-electron chi connectivity index (χ4n) is 2.47. The molecule has 1 unspecified atom stereocenters. The number of halogens is 1. The number of carbonyl (C=O) groups excluding carboxylic acids is 2. The van der Waals surface area contributed by atoms with Crippen molar-refractivity contribution in [3.8, 4) is 0 Å². The summed E-state index contributed by atoms with van der Waals surface area (Å²) in [5.41, 5.74) is 2.65. The Labute approximate surface area is 111 Å². The van der Waals surface area contributed by atoms with Crippen LogP contribution in [0.1, 0.15) is 34.6 Å². The number of ketones is 1. The van der Waals surface area contributed by atoms with E-state index in [0.29, 0.717) is 12.0 Å². The minimum atomic E-state index is -0.0496. The van der Waals surface area contributed by atoms with Crippen molar-refractivity contribution in [2.45, 2.75) is 39.3 Å². The van der Waals surface area contributed by atoms with Gasteiger partial charge in [-0.25, -0.2) is 0 Å². The van der Waals surface area contributed by atoms with E-state index in [4.69, 9.17) is 11.6 Å². The lowest BCUT2D eigenvalue weighted by molar-refractivity contribution is -0.119. The van der Waals surface area contributed by atoms with Crippen LogP contribution in [0.2, 0.25) is 0 Å². The van der Waals surface area contributed by atoms with E-state index in [9.17, 15) is 9.59 Å². The van der Waals surface area contributed by atoms with Crippen LogP contribution >= 0.6 is 11.6 Å². The van der Waals surface area contributed by atoms with Crippen molar-refractivity contribution in [2.75, 3.05) is 5.88 Å². The van der Waals surface area contributed by atoms with Gasteiger partial charge in [0.1, 0.15) is 0 Å². The molecular formula is C13H17ClN2O2. The van der Waals surface area contributed by atoms with E-state index < -0.39 is 0 Å². The fraction of sp³-hybridized carbons (Fsp3) is 0.538. The maximum atomic E-state index is 11.7. The first-order valence-corrected chi connectivity index (χ1v) is 6.61. The standard InChI is InChI=1S/C13H17ClN2O2/c1-8-5-11(12(17)6-14)9(2)16(8)7-10-3-4-13(18)15-10/h5,10H,3-4,6-7H2,1-2H3,(H,15,18). The Morgan fingerprint density at radius 1 is 1.56 bits per heavy atom. The fourth-order valence-corrected chi connectivity index (χ4v) is 2.61. The predicted octanol–water partition coefficient (Wildman–Crippen LogP) is 1.81. The summed E-state index contributed by atoms with van der Waals surface area (Å²) < 4.78 is 2.08. The molecular weight excluding hydrogens is 252 g/mol. The van der Waals surface area contributed by atoms with Crippen molar-refractivity contribution < 1.29 is 9.59 Å². The van der Waals surface area contributed by atoms with Crippen LogP contribution in [0, 0.1) is 13.8 Å². The number of alkyl halides is 1. The zero-order valence-electron chi connectivity index (χ0n) is 10.6. The van der Waals surface area contributed by atoms with Gasteiger partial charge in [-0.3, -0.25) is 9.59 Å². The molecule has 18 heavy (non-hydrogen) atoms. The summed E-state index contributed by atoms with van der Waals surface area (Å²) in [6.07, 6.45) is 1.45. The Kier molecular flexibility index (Phi) is 3.76. The van der Waals surface area contributed by atoms with Crippen LogP contribution in [-0.4, -0.2) is 28.2 Å². The third kappa shape index (κ3) is 2.43. The number of aromatic nitrogens is 1. The third-order valence-electron chi connectivity index (χ3n) is 3.48. The van der Waals surface area contributed by atoms with Gasteiger partial charge in [0.05, 0.1) is 5.88 Å². The largest absolute Gasteiger partial charge is 0.352 e. The number of aryl methyl sites for hydroxylation is 1. The summed E-state index contributed by atoms with van der Waals surface area (Å²) in [4.78, 5) is 22.9. The lowest BCUT2D eigenvalue weighted by atomic mass is 10.2. The van der Waals surface area contributed by atoms with Crippen molar-refractivity contribution in [2.24, 2.45) is 0 Å². The minimum absolute atomic E-state index is 0.00442. The van der Waals surface area contributed by atoms with Gasteiger partial charge in [0.25, 0.3) is 0 Å².